The molecular weight excluding hydrogens is 414 g/mol. The molecule has 0 unspecified atom stereocenters. The number of halogens is 1. The lowest BCUT2D eigenvalue weighted by Gasteiger charge is -2.04. The van der Waals surface area contributed by atoms with Gasteiger partial charge in [-0.15, -0.1) is 0 Å². The summed E-state index contributed by atoms with van der Waals surface area (Å²) in [5, 5.41) is 12.4. The van der Waals surface area contributed by atoms with Crippen molar-refractivity contribution in [3.05, 3.63) is 89.3 Å². The van der Waals surface area contributed by atoms with E-state index in [1.54, 1.807) is 35.2 Å². The fraction of sp³-hybridized carbons (Fsp3) is 0.0870. The molecule has 0 fully saturated rings. The minimum absolute atomic E-state index is 0.0759. The molecule has 2 aromatic carbocycles. The number of carbonyl (C=O) groups is 1. The third-order valence-electron chi connectivity index (χ3n) is 4.43. The standard InChI is InChI=1S/C23H20ClN5O2/c1-16-7-12-21(31-16)23-17(15-29(28-23)20-5-3-2-4-6-20)13-26-27-22(30)14-25-19-10-8-18(24)9-11-19/h2-13,15,25H,14H2,1H3,(H,27,30)/b26-13-. The van der Waals surface area contributed by atoms with Crippen LogP contribution in [-0.2, 0) is 4.79 Å². The Kier molecular flexibility index (Phi) is 6.14. The number of benzene rings is 2. The largest absolute Gasteiger partial charge is 0.460 e. The van der Waals surface area contributed by atoms with Crippen LogP contribution in [0.15, 0.2) is 82.4 Å². The summed E-state index contributed by atoms with van der Waals surface area (Å²) in [5.41, 5.74) is 5.57. The molecule has 0 aliphatic carbocycles. The summed E-state index contributed by atoms with van der Waals surface area (Å²) in [6, 6.07) is 20.6. The van der Waals surface area contributed by atoms with Crippen molar-refractivity contribution in [3.63, 3.8) is 0 Å². The molecule has 0 radical (unpaired) electrons. The van der Waals surface area contributed by atoms with Crippen LogP contribution in [0.3, 0.4) is 0 Å². The van der Waals surface area contributed by atoms with E-state index in [1.807, 2.05) is 55.6 Å². The molecule has 4 rings (SSSR count). The van der Waals surface area contributed by atoms with Crippen LogP contribution in [0.4, 0.5) is 5.69 Å². The summed E-state index contributed by atoms with van der Waals surface area (Å²) in [7, 11) is 0. The molecule has 4 aromatic rings. The first kappa shape index (κ1) is 20.4. The molecule has 0 aliphatic rings. The van der Waals surface area contributed by atoms with Crippen molar-refractivity contribution in [1.29, 1.82) is 0 Å². The van der Waals surface area contributed by atoms with Crippen LogP contribution in [0.5, 0.6) is 0 Å². The summed E-state index contributed by atoms with van der Waals surface area (Å²) in [5.74, 6) is 1.13. The first-order valence-electron chi connectivity index (χ1n) is 9.62. The highest BCUT2D eigenvalue weighted by Crippen LogP contribution is 2.24. The minimum atomic E-state index is -0.281. The number of hydrogen-bond acceptors (Lipinski definition) is 5. The number of amides is 1. The Bertz CT molecular complexity index is 1200. The van der Waals surface area contributed by atoms with Crippen LogP contribution in [0, 0.1) is 6.92 Å². The zero-order valence-electron chi connectivity index (χ0n) is 16.7. The molecule has 0 spiro atoms. The summed E-state index contributed by atoms with van der Waals surface area (Å²) in [4.78, 5) is 12.1. The second kappa shape index (κ2) is 9.32. The highest BCUT2D eigenvalue weighted by Gasteiger charge is 2.14. The first-order valence-corrected chi connectivity index (χ1v) is 9.99. The number of nitrogens with zero attached hydrogens (tertiary/aromatic N) is 3. The molecule has 31 heavy (non-hydrogen) atoms. The van der Waals surface area contributed by atoms with Crippen LogP contribution < -0.4 is 10.7 Å². The molecule has 2 heterocycles. The van der Waals surface area contributed by atoms with Crippen LogP contribution >= 0.6 is 11.6 Å². The van der Waals surface area contributed by atoms with Gasteiger partial charge in [0.1, 0.15) is 11.5 Å². The predicted octanol–water partition coefficient (Wildman–Crippen LogP) is 4.66. The minimum Gasteiger partial charge on any atom is -0.460 e. The molecule has 7 nitrogen and oxygen atoms in total. The SMILES string of the molecule is Cc1ccc(-c2nn(-c3ccccc3)cc2/C=N\NC(=O)CNc2ccc(Cl)cc2)o1. The molecule has 0 atom stereocenters. The Balaban J connectivity index is 1.47. The van der Waals surface area contributed by atoms with Crippen LogP contribution in [0.2, 0.25) is 5.02 Å². The smallest absolute Gasteiger partial charge is 0.259 e. The van der Waals surface area contributed by atoms with Crippen molar-refractivity contribution in [2.75, 3.05) is 11.9 Å². The highest BCUT2D eigenvalue weighted by atomic mass is 35.5. The predicted molar refractivity (Wildman–Crippen MR) is 122 cm³/mol. The maximum absolute atomic E-state index is 12.1. The Morgan fingerprint density at radius 2 is 1.90 bits per heavy atom. The van der Waals surface area contributed by atoms with Gasteiger partial charge in [-0.05, 0) is 55.5 Å². The highest BCUT2D eigenvalue weighted by molar-refractivity contribution is 6.30. The molecule has 1 amide bonds. The van der Waals surface area contributed by atoms with Crippen molar-refractivity contribution in [2.24, 2.45) is 5.10 Å². The van der Waals surface area contributed by atoms with Crippen molar-refractivity contribution >= 4 is 29.4 Å². The van der Waals surface area contributed by atoms with E-state index < -0.39 is 0 Å². The Labute approximate surface area is 184 Å². The van der Waals surface area contributed by atoms with Gasteiger partial charge in [-0.1, -0.05) is 29.8 Å². The second-order valence-electron chi connectivity index (χ2n) is 6.78. The van der Waals surface area contributed by atoms with Crippen molar-refractivity contribution < 1.29 is 9.21 Å². The lowest BCUT2D eigenvalue weighted by atomic mass is 10.2. The third kappa shape index (κ3) is 5.21. The zero-order valence-corrected chi connectivity index (χ0v) is 17.5. The van der Waals surface area contributed by atoms with Crippen LogP contribution in [0.1, 0.15) is 11.3 Å². The third-order valence-corrected chi connectivity index (χ3v) is 4.68. The van der Waals surface area contributed by atoms with Gasteiger partial charge in [-0.2, -0.15) is 10.2 Å². The number of hydrazone groups is 1. The number of aromatic nitrogens is 2. The van der Waals surface area contributed by atoms with Crippen molar-refractivity contribution in [3.8, 4) is 17.1 Å². The maximum atomic E-state index is 12.1. The molecule has 2 aromatic heterocycles. The van der Waals surface area contributed by atoms with E-state index in [2.05, 4.69) is 20.9 Å². The van der Waals surface area contributed by atoms with E-state index in [1.165, 1.54) is 0 Å². The molecule has 156 valence electrons. The molecule has 0 aliphatic heterocycles. The number of nitrogens with one attached hydrogen (secondary N) is 2. The number of rotatable bonds is 7. The monoisotopic (exact) mass is 433 g/mol. The van der Waals surface area contributed by atoms with Gasteiger partial charge in [-0.3, -0.25) is 4.79 Å². The van der Waals surface area contributed by atoms with Gasteiger partial charge in [0.25, 0.3) is 5.91 Å². The quantitative estimate of drug-likeness (QED) is 0.328. The van der Waals surface area contributed by atoms with E-state index in [0.717, 1.165) is 17.1 Å². The van der Waals surface area contributed by atoms with E-state index in [4.69, 9.17) is 16.0 Å². The number of para-hydroxylation sites is 1. The summed E-state index contributed by atoms with van der Waals surface area (Å²) < 4.78 is 7.49. The topological polar surface area (TPSA) is 84.5 Å². The average molecular weight is 434 g/mol. The number of aryl methyl sites for hydroxylation is 1. The summed E-state index contributed by atoms with van der Waals surface area (Å²) in [6.45, 7) is 1.95. The van der Waals surface area contributed by atoms with Gasteiger partial charge in [0, 0.05) is 22.5 Å². The maximum Gasteiger partial charge on any atom is 0.259 e. The van der Waals surface area contributed by atoms with E-state index in [-0.39, 0.29) is 12.5 Å². The molecule has 0 saturated heterocycles. The number of anilines is 1. The average Bonchev–Trinajstić information content (AvgIpc) is 3.40. The first-order chi connectivity index (χ1) is 15.1. The van der Waals surface area contributed by atoms with Gasteiger partial charge in [0.2, 0.25) is 0 Å². The normalized spacial score (nSPS) is 11.0. The Hall–Kier alpha value is -3.84. The van der Waals surface area contributed by atoms with Gasteiger partial charge in [0.05, 0.1) is 18.4 Å². The van der Waals surface area contributed by atoms with Crippen molar-refractivity contribution in [2.45, 2.75) is 6.92 Å². The molecule has 0 saturated carbocycles. The van der Waals surface area contributed by atoms with Crippen LogP contribution in [0.25, 0.3) is 17.1 Å². The number of carbonyl (C=O) groups excluding carboxylic acids is 1. The fourth-order valence-corrected chi connectivity index (χ4v) is 3.04. The van der Waals surface area contributed by atoms with Gasteiger partial charge in [-0.25, -0.2) is 10.1 Å². The van der Waals surface area contributed by atoms with E-state index in [9.17, 15) is 4.79 Å². The Morgan fingerprint density at radius 3 is 2.61 bits per heavy atom. The molecule has 0 bridgehead atoms. The fourth-order valence-electron chi connectivity index (χ4n) is 2.91. The van der Waals surface area contributed by atoms with Crippen LogP contribution in [-0.4, -0.2) is 28.4 Å². The molecule has 8 heteroatoms. The van der Waals surface area contributed by atoms with E-state index in [0.29, 0.717) is 22.0 Å². The number of hydrogen-bond donors (Lipinski definition) is 2. The summed E-state index contributed by atoms with van der Waals surface area (Å²) in [6.07, 6.45) is 3.39. The van der Waals surface area contributed by atoms with Gasteiger partial charge in [0.15, 0.2) is 5.76 Å². The molecular formula is C23H20ClN5O2. The lowest BCUT2D eigenvalue weighted by molar-refractivity contribution is -0.119. The van der Waals surface area contributed by atoms with Gasteiger partial charge < -0.3 is 9.73 Å². The second-order valence-corrected chi connectivity index (χ2v) is 7.21. The zero-order chi connectivity index (χ0) is 21.6. The van der Waals surface area contributed by atoms with Gasteiger partial charge >= 0.3 is 0 Å². The lowest BCUT2D eigenvalue weighted by Crippen LogP contribution is -2.25. The number of furan rings is 1. The summed E-state index contributed by atoms with van der Waals surface area (Å²) >= 11 is 5.86. The van der Waals surface area contributed by atoms with Crippen molar-refractivity contribution in [1.82, 2.24) is 15.2 Å². The Morgan fingerprint density at radius 1 is 1.13 bits per heavy atom. The van der Waals surface area contributed by atoms with E-state index >= 15 is 0 Å². The molecule has 2 N–H and O–H groups in total.